The molecule has 3 N–H and O–H groups in total. The van der Waals surface area contributed by atoms with E-state index in [1.165, 1.54) is 33.0 Å². The van der Waals surface area contributed by atoms with Crippen LogP contribution in [-0.4, -0.2) is 70.0 Å². The van der Waals surface area contributed by atoms with Gasteiger partial charge < -0.3 is 15.4 Å². The van der Waals surface area contributed by atoms with Crippen LogP contribution in [0.1, 0.15) is 50.2 Å². The molecule has 0 radical (unpaired) electrons. The molecule has 5 rings (SSSR count). The Balaban J connectivity index is 1.09. The van der Waals surface area contributed by atoms with Crippen molar-refractivity contribution in [1.29, 1.82) is 0 Å². The van der Waals surface area contributed by atoms with Crippen LogP contribution in [0, 0.1) is 17.8 Å². The normalized spacial score (nSPS) is 24.2. The molecule has 2 fully saturated rings. The van der Waals surface area contributed by atoms with E-state index in [-0.39, 0.29) is 29.6 Å². The van der Waals surface area contributed by atoms with Gasteiger partial charge in [-0.2, -0.15) is 0 Å². The summed E-state index contributed by atoms with van der Waals surface area (Å²) in [4.78, 5) is 43.7. The minimum atomic E-state index is -0.226. The Bertz CT molecular complexity index is 1230. The molecule has 9 heteroatoms. The second-order valence-electron chi connectivity index (χ2n) is 10.9. The quantitative estimate of drug-likeness (QED) is 0.331. The smallest absolute Gasteiger partial charge is 0.253 e. The van der Waals surface area contributed by atoms with Crippen LogP contribution in [0.25, 0.3) is 10.9 Å². The Labute approximate surface area is 228 Å². The number of aryl methyl sites for hydroxylation is 1. The highest BCUT2D eigenvalue weighted by Gasteiger charge is 2.32. The number of carbonyl (C=O) groups excluding carboxylic acids is 3. The molecule has 0 spiro atoms. The number of likely N-dealkylation sites (tertiary alicyclic amines) is 1. The molecule has 0 unspecified atom stereocenters. The van der Waals surface area contributed by atoms with Gasteiger partial charge in [-0.1, -0.05) is 6.92 Å². The molecule has 2 aliphatic heterocycles. The van der Waals surface area contributed by atoms with E-state index in [2.05, 4.69) is 28.4 Å². The van der Waals surface area contributed by atoms with E-state index in [1.54, 1.807) is 11.8 Å². The molecule has 204 valence electrons. The SMILES string of the molecule is CCc1c(SC)[nH]c2c(CN3CC[C@@H](CNC(=O)C4CCC(CN5C(=O)C=CC5=O)CC4)C3)c(O)ccc12. The van der Waals surface area contributed by atoms with E-state index >= 15 is 0 Å². The number of phenols is 1. The topological polar surface area (TPSA) is 106 Å². The third-order valence-electron chi connectivity index (χ3n) is 8.56. The maximum Gasteiger partial charge on any atom is 0.253 e. The third-order valence-corrected chi connectivity index (χ3v) is 9.32. The molecule has 3 amide bonds. The standard InChI is InChI=1S/C29H38N4O4S/c1-3-21-22-8-9-24(34)23(27(22)31-29(21)38-2)17-32-13-12-19(15-32)14-30-28(37)20-6-4-18(5-7-20)16-33-25(35)10-11-26(33)36/h8-11,18-20,31,34H,3-7,12-17H2,1-2H3,(H,30,37)/t18?,19-,20?/m0/s1. The maximum absolute atomic E-state index is 12.9. The molecule has 2 aromatic rings. The maximum atomic E-state index is 12.9. The average molecular weight is 539 g/mol. The van der Waals surface area contributed by atoms with Crippen molar-refractivity contribution < 1.29 is 19.5 Å². The van der Waals surface area contributed by atoms with Crippen LogP contribution in [0.3, 0.4) is 0 Å². The number of nitrogens with one attached hydrogen (secondary N) is 2. The average Bonchev–Trinajstić information content (AvgIpc) is 3.62. The number of carbonyl (C=O) groups is 3. The van der Waals surface area contributed by atoms with Crippen LogP contribution < -0.4 is 5.32 Å². The van der Waals surface area contributed by atoms with Gasteiger partial charge in [0.25, 0.3) is 11.8 Å². The second-order valence-corrected chi connectivity index (χ2v) is 11.8. The van der Waals surface area contributed by atoms with Crippen LogP contribution >= 0.6 is 11.8 Å². The highest BCUT2D eigenvalue weighted by Crippen LogP contribution is 2.36. The van der Waals surface area contributed by atoms with Crippen LogP contribution in [0.4, 0.5) is 0 Å². The number of aromatic amines is 1. The van der Waals surface area contributed by atoms with E-state index in [9.17, 15) is 19.5 Å². The molecule has 0 bridgehead atoms. The first-order valence-corrected chi connectivity index (χ1v) is 15.0. The van der Waals surface area contributed by atoms with Gasteiger partial charge in [-0.15, -0.1) is 11.8 Å². The predicted octanol–water partition coefficient (Wildman–Crippen LogP) is 3.83. The van der Waals surface area contributed by atoms with Gasteiger partial charge in [0.1, 0.15) is 5.75 Å². The van der Waals surface area contributed by atoms with Gasteiger partial charge in [-0.25, -0.2) is 0 Å². The Morgan fingerprint density at radius 2 is 1.82 bits per heavy atom. The molecule has 1 atom stereocenters. The molecule has 3 aliphatic rings. The molecule has 8 nitrogen and oxygen atoms in total. The molecule has 1 saturated heterocycles. The number of nitrogens with zero attached hydrogens (tertiary/aromatic N) is 2. The van der Waals surface area contributed by atoms with Crippen LogP contribution in [0.15, 0.2) is 29.3 Å². The number of hydrogen-bond acceptors (Lipinski definition) is 6. The summed E-state index contributed by atoms with van der Waals surface area (Å²) in [6, 6.07) is 3.83. The van der Waals surface area contributed by atoms with Crippen molar-refractivity contribution in [3.05, 3.63) is 35.4 Å². The number of hydrogen-bond donors (Lipinski definition) is 3. The van der Waals surface area contributed by atoms with Crippen LogP contribution in [-0.2, 0) is 27.3 Å². The minimum Gasteiger partial charge on any atom is -0.508 e. The van der Waals surface area contributed by atoms with Gasteiger partial charge in [0, 0.05) is 55.2 Å². The summed E-state index contributed by atoms with van der Waals surface area (Å²) in [6.07, 6.45) is 10.0. The van der Waals surface area contributed by atoms with Crippen molar-refractivity contribution in [2.75, 3.05) is 32.4 Å². The van der Waals surface area contributed by atoms with Crippen molar-refractivity contribution in [3.8, 4) is 5.75 Å². The molecule has 38 heavy (non-hydrogen) atoms. The molecule has 1 aromatic carbocycles. The number of aromatic hydroxyl groups is 1. The van der Waals surface area contributed by atoms with Crippen molar-refractivity contribution >= 4 is 40.4 Å². The van der Waals surface area contributed by atoms with Gasteiger partial charge >= 0.3 is 0 Å². The molecule has 1 saturated carbocycles. The molecule has 3 heterocycles. The lowest BCUT2D eigenvalue weighted by molar-refractivity contribution is -0.138. The Morgan fingerprint density at radius 1 is 1.08 bits per heavy atom. The number of aromatic nitrogens is 1. The van der Waals surface area contributed by atoms with E-state index in [4.69, 9.17) is 0 Å². The van der Waals surface area contributed by atoms with Gasteiger partial charge in [0.05, 0.1) is 10.5 Å². The highest BCUT2D eigenvalue weighted by molar-refractivity contribution is 7.98. The number of amides is 3. The second kappa shape index (κ2) is 11.5. The summed E-state index contributed by atoms with van der Waals surface area (Å²) in [5.41, 5.74) is 3.29. The lowest BCUT2D eigenvalue weighted by Crippen LogP contribution is -2.39. The van der Waals surface area contributed by atoms with E-state index < -0.39 is 0 Å². The van der Waals surface area contributed by atoms with Gasteiger partial charge in [0.15, 0.2) is 0 Å². The number of H-pyrrole nitrogens is 1. The van der Waals surface area contributed by atoms with E-state index in [0.717, 1.165) is 62.7 Å². The zero-order valence-electron chi connectivity index (χ0n) is 22.3. The Morgan fingerprint density at radius 3 is 2.50 bits per heavy atom. The lowest BCUT2D eigenvalue weighted by atomic mass is 9.81. The lowest BCUT2D eigenvalue weighted by Gasteiger charge is -2.30. The number of fused-ring (bicyclic) bond motifs is 1. The van der Waals surface area contributed by atoms with Crippen molar-refractivity contribution in [2.45, 2.75) is 57.0 Å². The summed E-state index contributed by atoms with van der Waals surface area (Å²) in [6.45, 7) is 5.82. The molecule has 1 aromatic heterocycles. The zero-order valence-corrected chi connectivity index (χ0v) is 23.1. The summed E-state index contributed by atoms with van der Waals surface area (Å²) in [5.74, 6) is 0.682. The fourth-order valence-electron chi connectivity index (χ4n) is 6.34. The van der Waals surface area contributed by atoms with Gasteiger partial charge in [-0.05, 0) is 80.9 Å². The van der Waals surface area contributed by atoms with Gasteiger partial charge in [-0.3, -0.25) is 24.2 Å². The monoisotopic (exact) mass is 538 g/mol. The number of imide groups is 1. The van der Waals surface area contributed by atoms with E-state index in [0.29, 0.717) is 31.3 Å². The number of phenolic OH excluding ortho intramolecular Hbond substituents is 1. The molecular formula is C29H38N4O4S. The molecule has 1 aliphatic carbocycles. The first-order chi connectivity index (χ1) is 18.4. The van der Waals surface area contributed by atoms with Crippen LogP contribution in [0.5, 0.6) is 5.75 Å². The van der Waals surface area contributed by atoms with Crippen LogP contribution in [0.2, 0.25) is 0 Å². The first-order valence-electron chi connectivity index (χ1n) is 13.8. The third kappa shape index (κ3) is 5.50. The van der Waals surface area contributed by atoms with Gasteiger partial charge in [0.2, 0.25) is 5.91 Å². The number of thioether (sulfide) groups is 1. The van der Waals surface area contributed by atoms with Crippen molar-refractivity contribution in [3.63, 3.8) is 0 Å². The Kier molecular flexibility index (Phi) is 8.14. The summed E-state index contributed by atoms with van der Waals surface area (Å²) in [7, 11) is 0. The summed E-state index contributed by atoms with van der Waals surface area (Å²) < 4.78 is 0. The number of benzene rings is 1. The Hall–Kier alpha value is -2.78. The summed E-state index contributed by atoms with van der Waals surface area (Å²) in [5, 5.41) is 16.2. The van der Waals surface area contributed by atoms with Crippen molar-refractivity contribution in [1.82, 2.24) is 20.1 Å². The molecular weight excluding hydrogens is 500 g/mol. The van der Waals surface area contributed by atoms with E-state index in [1.807, 2.05) is 12.1 Å². The highest BCUT2D eigenvalue weighted by atomic mass is 32.2. The number of rotatable bonds is 9. The first kappa shape index (κ1) is 26.8. The van der Waals surface area contributed by atoms with Crippen molar-refractivity contribution in [2.24, 2.45) is 17.8 Å². The minimum absolute atomic E-state index is 0.00711. The predicted molar refractivity (Wildman–Crippen MR) is 149 cm³/mol. The zero-order chi connectivity index (χ0) is 26.8. The fourth-order valence-corrected chi connectivity index (χ4v) is 7.04. The summed E-state index contributed by atoms with van der Waals surface area (Å²) >= 11 is 1.71. The largest absolute Gasteiger partial charge is 0.508 e. The fraction of sp³-hybridized carbons (Fsp3) is 0.552.